The summed E-state index contributed by atoms with van der Waals surface area (Å²) in [5.41, 5.74) is 0. The van der Waals surface area contributed by atoms with Crippen LogP contribution in [0.25, 0.3) is 0 Å². The van der Waals surface area contributed by atoms with Gasteiger partial charge in [0, 0.05) is 37.1 Å². The van der Waals surface area contributed by atoms with Gasteiger partial charge in [-0.25, -0.2) is 4.98 Å². The molecule has 2 heterocycles. The van der Waals surface area contributed by atoms with Gasteiger partial charge in [0.1, 0.15) is 0 Å². The van der Waals surface area contributed by atoms with Crippen LogP contribution in [0.3, 0.4) is 0 Å². The van der Waals surface area contributed by atoms with Crippen LogP contribution in [0.1, 0.15) is 38.1 Å². The molecular weight excluding hydrogens is 254 g/mol. The largest absolute Gasteiger partial charge is 0.314 e. The van der Waals surface area contributed by atoms with Crippen molar-refractivity contribution in [3.05, 3.63) is 16.6 Å². The van der Waals surface area contributed by atoms with Gasteiger partial charge in [-0.2, -0.15) is 0 Å². The molecule has 1 saturated heterocycles. The zero-order valence-corrected chi connectivity index (χ0v) is 13.1. The van der Waals surface area contributed by atoms with Crippen molar-refractivity contribution in [1.29, 1.82) is 0 Å². The molecule has 4 heteroatoms. The van der Waals surface area contributed by atoms with Crippen molar-refractivity contribution in [3.8, 4) is 0 Å². The third-order valence-electron chi connectivity index (χ3n) is 4.08. The summed E-state index contributed by atoms with van der Waals surface area (Å²) in [4.78, 5) is 6.96. The number of likely N-dealkylation sites (tertiary alicyclic amines) is 1. The van der Waals surface area contributed by atoms with Crippen LogP contribution in [0.5, 0.6) is 0 Å². The van der Waals surface area contributed by atoms with Crippen LogP contribution in [0.4, 0.5) is 0 Å². The third kappa shape index (κ3) is 4.86. The smallest absolute Gasteiger partial charge is 0.0937 e. The summed E-state index contributed by atoms with van der Waals surface area (Å²) >= 11 is 1.76. The number of hydrogen-bond acceptors (Lipinski definition) is 4. The number of aromatic nitrogens is 1. The van der Waals surface area contributed by atoms with E-state index in [2.05, 4.69) is 34.4 Å². The van der Waals surface area contributed by atoms with Gasteiger partial charge >= 0.3 is 0 Å². The number of hydrogen-bond donors (Lipinski definition) is 1. The van der Waals surface area contributed by atoms with E-state index in [4.69, 9.17) is 0 Å². The number of piperidine rings is 1. The fraction of sp³-hybridized carbons (Fsp3) is 0.800. The van der Waals surface area contributed by atoms with Crippen LogP contribution in [0.2, 0.25) is 0 Å². The Morgan fingerprint density at radius 3 is 3.21 bits per heavy atom. The Bertz CT molecular complexity index is 337. The molecule has 19 heavy (non-hydrogen) atoms. The number of rotatable bonds is 7. The van der Waals surface area contributed by atoms with E-state index in [9.17, 15) is 0 Å². The minimum absolute atomic E-state index is 0.625. The summed E-state index contributed by atoms with van der Waals surface area (Å²) in [6.07, 6.45) is 6.98. The van der Waals surface area contributed by atoms with Gasteiger partial charge in [0.25, 0.3) is 0 Å². The second-order valence-electron chi connectivity index (χ2n) is 5.62. The Morgan fingerprint density at radius 2 is 2.47 bits per heavy atom. The van der Waals surface area contributed by atoms with Gasteiger partial charge in [-0.15, -0.1) is 11.3 Å². The lowest BCUT2D eigenvalue weighted by Crippen LogP contribution is -2.45. The van der Waals surface area contributed by atoms with Gasteiger partial charge in [-0.3, -0.25) is 0 Å². The Hall–Kier alpha value is -0.450. The topological polar surface area (TPSA) is 28.2 Å². The molecule has 3 nitrogen and oxygen atoms in total. The van der Waals surface area contributed by atoms with Gasteiger partial charge in [0.05, 0.1) is 5.01 Å². The summed E-state index contributed by atoms with van der Waals surface area (Å²) in [6, 6.07) is 0.625. The Morgan fingerprint density at radius 1 is 1.58 bits per heavy atom. The predicted octanol–water partition coefficient (Wildman–Crippen LogP) is 2.79. The highest BCUT2D eigenvalue weighted by atomic mass is 32.1. The van der Waals surface area contributed by atoms with Crippen molar-refractivity contribution >= 4 is 11.3 Å². The van der Waals surface area contributed by atoms with Crippen LogP contribution in [-0.4, -0.2) is 42.1 Å². The van der Waals surface area contributed by atoms with E-state index in [-0.39, 0.29) is 0 Å². The van der Waals surface area contributed by atoms with Gasteiger partial charge in [0.2, 0.25) is 0 Å². The van der Waals surface area contributed by atoms with E-state index >= 15 is 0 Å². The Labute approximate surface area is 121 Å². The monoisotopic (exact) mass is 281 g/mol. The van der Waals surface area contributed by atoms with Gasteiger partial charge in [0.15, 0.2) is 0 Å². The quantitative estimate of drug-likeness (QED) is 0.833. The maximum atomic E-state index is 4.33. The lowest BCUT2D eigenvalue weighted by atomic mass is 9.91. The third-order valence-corrected chi connectivity index (χ3v) is 4.92. The summed E-state index contributed by atoms with van der Waals surface area (Å²) < 4.78 is 0. The summed E-state index contributed by atoms with van der Waals surface area (Å²) in [5.74, 6) is 0.816. The van der Waals surface area contributed by atoms with Crippen LogP contribution in [-0.2, 0) is 6.42 Å². The lowest BCUT2D eigenvalue weighted by molar-refractivity contribution is 0.151. The molecule has 2 atom stereocenters. The minimum atomic E-state index is 0.625. The molecule has 108 valence electrons. The first-order chi connectivity index (χ1) is 9.29. The second-order valence-corrected chi connectivity index (χ2v) is 6.60. The molecule has 2 unspecified atom stereocenters. The van der Waals surface area contributed by atoms with E-state index < -0.39 is 0 Å². The highest BCUT2D eigenvalue weighted by Gasteiger charge is 2.23. The number of nitrogens with one attached hydrogen (secondary N) is 1. The number of thiazole rings is 1. The molecule has 0 bridgehead atoms. The summed E-state index contributed by atoms with van der Waals surface area (Å²) in [6.45, 7) is 9.53. The first-order valence-corrected chi connectivity index (χ1v) is 8.51. The first-order valence-electron chi connectivity index (χ1n) is 7.63. The lowest BCUT2D eigenvalue weighted by Gasteiger charge is -2.36. The summed E-state index contributed by atoms with van der Waals surface area (Å²) in [5, 5.41) is 7.00. The molecule has 0 spiro atoms. The van der Waals surface area contributed by atoms with Crippen molar-refractivity contribution in [1.82, 2.24) is 15.2 Å². The fourth-order valence-corrected chi connectivity index (χ4v) is 3.59. The number of nitrogens with zero attached hydrogens (tertiary/aromatic N) is 2. The predicted molar refractivity (Wildman–Crippen MR) is 82.7 cm³/mol. The first kappa shape index (κ1) is 14.9. The normalized spacial score (nSPS) is 22.5. The van der Waals surface area contributed by atoms with Gasteiger partial charge in [-0.05, 0) is 45.2 Å². The molecule has 0 saturated carbocycles. The van der Waals surface area contributed by atoms with Crippen molar-refractivity contribution in [2.75, 3.05) is 26.2 Å². The average molecular weight is 281 g/mol. The molecule has 1 aliphatic heterocycles. The molecule has 0 aromatic carbocycles. The van der Waals surface area contributed by atoms with E-state index in [0.29, 0.717) is 6.04 Å². The zero-order valence-electron chi connectivity index (χ0n) is 12.3. The highest BCUT2D eigenvalue weighted by molar-refractivity contribution is 7.09. The van der Waals surface area contributed by atoms with Crippen molar-refractivity contribution in [2.24, 2.45) is 5.92 Å². The van der Waals surface area contributed by atoms with E-state index in [1.54, 1.807) is 11.3 Å². The molecule has 1 N–H and O–H groups in total. The van der Waals surface area contributed by atoms with Crippen LogP contribution >= 0.6 is 11.3 Å². The Kier molecular flexibility index (Phi) is 6.28. The molecule has 1 fully saturated rings. The van der Waals surface area contributed by atoms with Crippen LogP contribution < -0.4 is 5.32 Å². The molecule has 0 aliphatic carbocycles. The molecule has 1 aliphatic rings. The molecule has 2 rings (SSSR count). The second kappa shape index (κ2) is 7.98. The minimum Gasteiger partial charge on any atom is -0.314 e. The fourth-order valence-electron chi connectivity index (χ4n) is 2.97. The van der Waals surface area contributed by atoms with Crippen molar-refractivity contribution in [3.63, 3.8) is 0 Å². The standard InChI is InChI=1S/C15H27N3S/c1-3-9-18-10-4-5-14(12-18)13(2)16-7-6-15-17-8-11-19-15/h8,11,13-14,16H,3-7,9-10,12H2,1-2H3. The zero-order chi connectivity index (χ0) is 13.5. The van der Waals surface area contributed by atoms with Crippen molar-refractivity contribution in [2.45, 2.75) is 45.6 Å². The molecule has 1 aromatic heterocycles. The molecule has 0 radical (unpaired) electrons. The molecular formula is C15H27N3S. The Balaban J connectivity index is 1.68. The van der Waals surface area contributed by atoms with Gasteiger partial charge < -0.3 is 10.2 Å². The van der Waals surface area contributed by atoms with Gasteiger partial charge in [-0.1, -0.05) is 6.92 Å². The SMILES string of the molecule is CCCN1CCCC(C(C)NCCc2nccs2)C1. The summed E-state index contributed by atoms with van der Waals surface area (Å²) in [7, 11) is 0. The average Bonchev–Trinajstić information content (AvgIpc) is 2.92. The molecule has 1 aromatic rings. The van der Waals surface area contributed by atoms with E-state index in [0.717, 1.165) is 18.9 Å². The highest BCUT2D eigenvalue weighted by Crippen LogP contribution is 2.19. The maximum Gasteiger partial charge on any atom is 0.0937 e. The van der Waals surface area contributed by atoms with Crippen LogP contribution in [0, 0.1) is 5.92 Å². The molecule has 0 amide bonds. The van der Waals surface area contributed by atoms with Crippen LogP contribution in [0.15, 0.2) is 11.6 Å². The maximum absolute atomic E-state index is 4.33. The van der Waals surface area contributed by atoms with E-state index in [1.165, 1.54) is 43.9 Å². The van der Waals surface area contributed by atoms with E-state index in [1.807, 2.05) is 6.20 Å². The van der Waals surface area contributed by atoms with Crippen molar-refractivity contribution < 1.29 is 0 Å².